The second-order valence-electron chi connectivity index (χ2n) is 7.72. The Morgan fingerprint density at radius 2 is 1.74 bits per heavy atom. The van der Waals surface area contributed by atoms with Gasteiger partial charge in [-0.2, -0.15) is 0 Å². The molecule has 0 saturated carbocycles. The molecule has 0 bridgehead atoms. The largest absolute Gasteiger partial charge is 0.354 e. The minimum Gasteiger partial charge on any atom is -0.354 e. The molecule has 7 nitrogen and oxygen atoms in total. The van der Waals surface area contributed by atoms with Crippen LogP contribution >= 0.6 is 45.8 Å². The zero-order valence-corrected chi connectivity index (χ0v) is 23.7. The van der Waals surface area contributed by atoms with Crippen LogP contribution in [0.15, 0.2) is 42.5 Å². The molecule has 0 aliphatic carbocycles. The molecule has 0 aromatic heterocycles. The van der Waals surface area contributed by atoms with Crippen LogP contribution in [0, 0.1) is 3.57 Å². The smallest absolute Gasteiger partial charge is 0.244 e. The SMILES string of the molecule is CCCNC(=O)C(CC)N(Cc1ccc(Cl)cc1Cl)C(=O)CN(c1ccc(I)cc1)S(C)(=O)=O. The lowest BCUT2D eigenvalue weighted by Gasteiger charge is -2.33. The number of sulfonamides is 1. The van der Waals surface area contributed by atoms with E-state index in [9.17, 15) is 18.0 Å². The van der Waals surface area contributed by atoms with Crippen LogP contribution in [0.5, 0.6) is 0 Å². The summed E-state index contributed by atoms with van der Waals surface area (Å²) in [5.74, 6) is -0.823. The van der Waals surface area contributed by atoms with Gasteiger partial charge >= 0.3 is 0 Å². The van der Waals surface area contributed by atoms with Crippen LogP contribution in [-0.2, 0) is 26.2 Å². The third-order valence-corrected chi connectivity index (χ3v) is 7.53. The molecule has 2 rings (SSSR count). The van der Waals surface area contributed by atoms with E-state index >= 15 is 0 Å². The summed E-state index contributed by atoms with van der Waals surface area (Å²) in [6.45, 7) is 3.77. The highest BCUT2D eigenvalue weighted by Crippen LogP contribution is 2.25. The summed E-state index contributed by atoms with van der Waals surface area (Å²) >= 11 is 14.5. The van der Waals surface area contributed by atoms with Gasteiger partial charge in [0.15, 0.2) is 0 Å². The van der Waals surface area contributed by atoms with Crippen molar-refractivity contribution >= 4 is 73.3 Å². The first-order valence-electron chi connectivity index (χ1n) is 10.7. The average Bonchev–Trinajstić information content (AvgIpc) is 2.77. The summed E-state index contributed by atoms with van der Waals surface area (Å²) in [5.41, 5.74) is 0.963. The van der Waals surface area contributed by atoms with Crippen molar-refractivity contribution in [2.45, 2.75) is 39.3 Å². The number of hydrogen-bond donors (Lipinski definition) is 1. The number of benzene rings is 2. The minimum absolute atomic E-state index is 0.0250. The molecule has 1 N–H and O–H groups in total. The maximum absolute atomic E-state index is 13.6. The molecule has 0 saturated heterocycles. The van der Waals surface area contributed by atoms with E-state index < -0.39 is 28.5 Å². The number of amides is 2. The monoisotopic (exact) mass is 639 g/mol. The highest BCUT2D eigenvalue weighted by molar-refractivity contribution is 14.1. The molecule has 186 valence electrons. The maximum atomic E-state index is 13.6. The van der Waals surface area contributed by atoms with Gasteiger partial charge in [0.2, 0.25) is 21.8 Å². The van der Waals surface area contributed by atoms with Gasteiger partial charge in [-0.15, -0.1) is 0 Å². The molecule has 0 heterocycles. The first-order chi connectivity index (χ1) is 16.0. The Morgan fingerprint density at radius 1 is 1.09 bits per heavy atom. The molecule has 0 aliphatic heterocycles. The van der Waals surface area contributed by atoms with Crippen molar-refractivity contribution in [2.75, 3.05) is 23.7 Å². The van der Waals surface area contributed by atoms with Gasteiger partial charge in [-0.3, -0.25) is 13.9 Å². The van der Waals surface area contributed by atoms with Crippen LogP contribution in [-0.4, -0.2) is 50.5 Å². The zero-order valence-electron chi connectivity index (χ0n) is 19.2. The van der Waals surface area contributed by atoms with E-state index in [4.69, 9.17) is 23.2 Å². The van der Waals surface area contributed by atoms with Crippen molar-refractivity contribution in [3.05, 3.63) is 61.6 Å². The maximum Gasteiger partial charge on any atom is 0.244 e. The fourth-order valence-corrected chi connectivity index (χ4v) is 5.02. The lowest BCUT2D eigenvalue weighted by Crippen LogP contribution is -2.52. The molecule has 1 unspecified atom stereocenters. The Hall–Kier alpha value is -1.56. The topological polar surface area (TPSA) is 86.8 Å². The van der Waals surface area contributed by atoms with Crippen LogP contribution in [0.3, 0.4) is 0 Å². The molecule has 0 aliphatic rings. The number of halogens is 3. The van der Waals surface area contributed by atoms with Crippen molar-refractivity contribution in [3.8, 4) is 0 Å². The van der Waals surface area contributed by atoms with Crippen molar-refractivity contribution in [1.29, 1.82) is 0 Å². The van der Waals surface area contributed by atoms with Gasteiger partial charge in [0.1, 0.15) is 12.6 Å². The normalized spacial score (nSPS) is 12.2. The van der Waals surface area contributed by atoms with Gasteiger partial charge in [-0.05, 0) is 77.4 Å². The van der Waals surface area contributed by atoms with Crippen LogP contribution in [0.2, 0.25) is 10.0 Å². The quantitative estimate of drug-likeness (QED) is 0.361. The molecular weight excluding hydrogens is 612 g/mol. The Bertz CT molecular complexity index is 1110. The number of carbonyl (C=O) groups is 2. The van der Waals surface area contributed by atoms with E-state index in [2.05, 4.69) is 27.9 Å². The third-order valence-electron chi connectivity index (χ3n) is 5.08. The molecule has 0 spiro atoms. The Kier molecular flexibility index (Phi) is 10.9. The van der Waals surface area contributed by atoms with E-state index in [1.807, 2.05) is 6.92 Å². The van der Waals surface area contributed by atoms with Crippen molar-refractivity contribution < 1.29 is 18.0 Å². The van der Waals surface area contributed by atoms with Crippen LogP contribution < -0.4 is 9.62 Å². The molecule has 34 heavy (non-hydrogen) atoms. The average molecular weight is 640 g/mol. The van der Waals surface area contributed by atoms with Crippen LogP contribution in [0.25, 0.3) is 0 Å². The number of rotatable bonds is 11. The van der Waals surface area contributed by atoms with Crippen LogP contribution in [0.4, 0.5) is 5.69 Å². The summed E-state index contributed by atoms with van der Waals surface area (Å²) < 4.78 is 27.1. The fraction of sp³-hybridized carbons (Fsp3) is 0.391. The first kappa shape index (κ1) is 28.7. The van der Waals surface area contributed by atoms with E-state index in [1.165, 1.54) is 4.90 Å². The van der Waals surface area contributed by atoms with Gasteiger partial charge in [0.05, 0.1) is 11.9 Å². The Morgan fingerprint density at radius 3 is 2.26 bits per heavy atom. The molecule has 11 heteroatoms. The van der Waals surface area contributed by atoms with Gasteiger partial charge < -0.3 is 10.2 Å². The highest BCUT2D eigenvalue weighted by atomic mass is 127. The number of anilines is 1. The lowest BCUT2D eigenvalue weighted by molar-refractivity contribution is -0.140. The summed E-state index contributed by atoms with van der Waals surface area (Å²) in [6, 6.07) is 10.9. The van der Waals surface area contributed by atoms with E-state index in [-0.39, 0.29) is 12.5 Å². The van der Waals surface area contributed by atoms with E-state index in [0.29, 0.717) is 34.3 Å². The predicted molar refractivity (Wildman–Crippen MR) is 146 cm³/mol. The predicted octanol–water partition coefficient (Wildman–Crippen LogP) is 4.70. The second kappa shape index (κ2) is 12.9. The van der Waals surface area contributed by atoms with Crippen molar-refractivity contribution in [2.24, 2.45) is 0 Å². The van der Waals surface area contributed by atoms with E-state index in [0.717, 1.165) is 20.6 Å². The van der Waals surface area contributed by atoms with Gasteiger partial charge in [0.25, 0.3) is 0 Å². The first-order valence-corrected chi connectivity index (χ1v) is 14.4. The zero-order chi connectivity index (χ0) is 25.5. The van der Waals surface area contributed by atoms with Crippen molar-refractivity contribution in [3.63, 3.8) is 0 Å². The number of nitrogens with one attached hydrogen (secondary N) is 1. The standard InChI is InChI=1S/C23H28Cl2IN3O4S/c1-4-12-27-23(31)21(5-2)28(14-16-6-7-17(24)13-20(16)25)22(30)15-29(34(3,32)33)19-10-8-18(26)9-11-19/h6-11,13,21H,4-5,12,14-15H2,1-3H3,(H,27,31). The molecule has 2 amide bonds. The highest BCUT2D eigenvalue weighted by Gasteiger charge is 2.32. The van der Waals surface area contributed by atoms with Crippen molar-refractivity contribution in [1.82, 2.24) is 10.2 Å². The van der Waals surface area contributed by atoms with Gasteiger partial charge in [-0.25, -0.2) is 8.42 Å². The molecule has 2 aromatic carbocycles. The number of nitrogens with zero attached hydrogens (tertiary/aromatic N) is 2. The second-order valence-corrected chi connectivity index (χ2v) is 11.7. The summed E-state index contributed by atoms with van der Waals surface area (Å²) in [4.78, 5) is 27.9. The molecule has 0 radical (unpaired) electrons. The van der Waals surface area contributed by atoms with E-state index in [1.54, 1.807) is 49.4 Å². The fourth-order valence-electron chi connectivity index (χ4n) is 3.34. The van der Waals surface area contributed by atoms with Crippen LogP contribution in [0.1, 0.15) is 32.3 Å². The lowest BCUT2D eigenvalue weighted by atomic mass is 10.1. The minimum atomic E-state index is -3.77. The Balaban J connectivity index is 2.44. The molecule has 0 fully saturated rings. The molecular formula is C23H28Cl2IN3O4S. The number of carbonyl (C=O) groups excluding carboxylic acids is 2. The van der Waals surface area contributed by atoms with Gasteiger partial charge in [0, 0.05) is 26.7 Å². The molecule has 1 atom stereocenters. The Labute approximate surface area is 225 Å². The number of hydrogen-bond acceptors (Lipinski definition) is 4. The molecule has 2 aromatic rings. The van der Waals surface area contributed by atoms with Gasteiger partial charge in [-0.1, -0.05) is 43.1 Å². The third kappa shape index (κ3) is 8.00. The summed E-state index contributed by atoms with van der Waals surface area (Å²) in [6.07, 6.45) is 2.13. The summed E-state index contributed by atoms with van der Waals surface area (Å²) in [5, 5.41) is 3.63. The summed E-state index contributed by atoms with van der Waals surface area (Å²) in [7, 11) is -3.77.